The molecular weight excluding hydrogens is 296 g/mol. The molecule has 0 saturated carbocycles. The van der Waals surface area contributed by atoms with Crippen LogP contribution in [0.15, 0.2) is 30.5 Å². The molecule has 1 aromatic carbocycles. The van der Waals surface area contributed by atoms with E-state index in [2.05, 4.69) is 48.1 Å². The molecule has 5 nitrogen and oxygen atoms in total. The molecule has 0 spiro atoms. The standard InChI is InChI=1S/C16H20N4OS/c1-11-4-6-14(7-5-11)20-10-15(17-18-20)16(22)19-8-12(2)21-13(3)9-19/h4-7,10,12-13H,8-9H2,1-3H3/t12-,13+. The second-order valence-electron chi connectivity index (χ2n) is 5.85. The van der Waals surface area contributed by atoms with Gasteiger partial charge in [-0.25, -0.2) is 4.68 Å². The molecule has 1 saturated heterocycles. The number of nitrogens with zero attached hydrogens (tertiary/aromatic N) is 4. The van der Waals surface area contributed by atoms with Gasteiger partial charge in [0.25, 0.3) is 0 Å². The lowest BCUT2D eigenvalue weighted by Gasteiger charge is -2.36. The van der Waals surface area contributed by atoms with Gasteiger partial charge < -0.3 is 9.64 Å². The van der Waals surface area contributed by atoms with Gasteiger partial charge in [-0.2, -0.15) is 0 Å². The normalized spacial score (nSPS) is 21.9. The first-order valence-corrected chi connectivity index (χ1v) is 7.88. The zero-order valence-corrected chi connectivity index (χ0v) is 13.9. The van der Waals surface area contributed by atoms with Crippen molar-refractivity contribution in [2.75, 3.05) is 13.1 Å². The molecule has 0 bridgehead atoms. The van der Waals surface area contributed by atoms with E-state index in [1.54, 1.807) is 4.68 Å². The summed E-state index contributed by atoms with van der Waals surface area (Å²) in [5, 5.41) is 8.42. The molecule has 1 aliphatic rings. The van der Waals surface area contributed by atoms with Gasteiger partial charge in [0, 0.05) is 13.1 Å². The molecule has 0 radical (unpaired) electrons. The molecule has 1 aromatic heterocycles. The van der Waals surface area contributed by atoms with Crippen molar-refractivity contribution in [3.05, 3.63) is 41.7 Å². The Morgan fingerprint density at radius 1 is 1.18 bits per heavy atom. The maximum Gasteiger partial charge on any atom is 0.140 e. The van der Waals surface area contributed by atoms with Crippen LogP contribution in [0.25, 0.3) is 5.69 Å². The first kappa shape index (κ1) is 15.1. The van der Waals surface area contributed by atoms with Crippen molar-refractivity contribution in [2.45, 2.75) is 33.0 Å². The monoisotopic (exact) mass is 316 g/mol. The van der Waals surface area contributed by atoms with Crippen LogP contribution in [0.1, 0.15) is 25.1 Å². The van der Waals surface area contributed by atoms with Gasteiger partial charge in [0.2, 0.25) is 0 Å². The Labute approximate surface area is 135 Å². The van der Waals surface area contributed by atoms with E-state index in [1.807, 2.05) is 18.3 Å². The summed E-state index contributed by atoms with van der Waals surface area (Å²) in [7, 11) is 0. The molecule has 2 atom stereocenters. The molecule has 0 amide bonds. The van der Waals surface area contributed by atoms with Crippen molar-refractivity contribution < 1.29 is 4.74 Å². The summed E-state index contributed by atoms with van der Waals surface area (Å²) in [6, 6.07) is 8.16. The Morgan fingerprint density at radius 3 is 2.45 bits per heavy atom. The van der Waals surface area contributed by atoms with Crippen LogP contribution in [0.4, 0.5) is 0 Å². The smallest absolute Gasteiger partial charge is 0.140 e. The van der Waals surface area contributed by atoms with E-state index >= 15 is 0 Å². The van der Waals surface area contributed by atoms with Crippen molar-refractivity contribution in [1.29, 1.82) is 0 Å². The average molecular weight is 316 g/mol. The number of ether oxygens (including phenoxy) is 1. The van der Waals surface area contributed by atoms with E-state index in [9.17, 15) is 0 Å². The summed E-state index contributed by atoms with van der Waals surface area (Å²) in [6.07, 6.45) is 2.24. The molecule has 0 N–H and O–H groups in total. The maximum absolute atomic E-state index is 5.75. The van der Waals surface area contributed by atoms with Crippen LogP contribution in [0.2, 0.25) is 0 Å². The molecule has 22 heavy (non-hydrogen) atoms. The summed E-state index contributed by atoms with van der Waals surface area (Å²) >= 11 is 5.58. The highest BCUT2D eigenvalue weighted by Gasteiger charge is 2.25. The molecule has 0 unspecified atom stereocenters. The van der Waals surface area contributed by atoms with Crippen molar-refractivity contribution in [3.8, 4) is 5.69 Å². The van der Waals surface area contributed by atoms with E-state index in [-0.39, 0.29) is 12.2 Å². The Hall–Kier alpha value is -1.79. The van der Waals surface area contributed by atoms with Crippen LogP contribution in [-0.2, 0) is 4.74 Å². The van der Waals surface area contributed by atoms with Gasteiger partial charge in [0.05, 0.1) is 24.1 Å². The summed E-state index contributed by atoms with van der Waals surface area (Å²) in [6.45, 7) is 7.77. The maximum atomic E-state index is 5.75. The molecule has 1 aliphatic heterocycles. The zero-order chi connectivity index (χ0) is 15.7. The number of hydrogen-bond acceptors (Lipinski definition) is 4. The largest absolute Gasteiger partial charge is 0.372 e. The number of aryl methyl sites for hydroxylation is 1. The minimum absolute atomic E-state index is 0.175. The molecule has 2 aromatic rings. The van der Waals surface area contributed by atoms with Crippen LogP contribution in [-0.4, -0.2) is 50.2 Å². The third-order valence-electron chi connectivity index (χ3n) is 3.72. The number of thiocarbonyl (C=S) groups is 1. The Kier molecular flexibility index (Phi) is 4.22. The predicted molar refractivity (Wildman–Crippen MR) is 89.4 cm³/mol. The fourth-order valence-corrected chi connectivity index (χ4v) is 2.93. The van der Waals surface area contributed by atoms with Crippen molar-refractivity contribution in [1.82, 2.24) is 19.9 Å². The lowest BCUT2D eigenvalue weighted by Crippen LogP contribution is -2.47. The second-order valence-corrected chi connectivity index (χ2v) is 6.24. The SMILES string of the molecule is Cc1ccc(-n2cc(C(=S)N3C[C@@H](C)O[C@@H](C)C3)nn2)cc1. The van der Waals surface area contributed by atoms with Crippen LogP contribution in [0, 0.1) is 6.92 Å². The summed E-state index contributed by atoms with van der Waals surface area (Å²) < 4.78 is 7.50. The Bertz CT molecular complexity index is 657. The minimum Gasteiger partial charge on any atom is -0.372 e. The number of hydrogen-bond donors (Lipinski definition) is 0. The molecule has 2 heterocycles. The summed E-state index contributed by atoms with van der Waals surface area (Å²) in [4.78, 5) is 2.89. The summed E-state index contributed by atoms with van der Waals surface area (Å²) in [5.74, 6) is 0. The topological polar surface area (TPSA) is 43.2 Å². The van der Waals surface area contributed by atoms with E-state index in [0.717, 1.165) is 29.5 Å². The minimum atomic E-state index is 0.175. The highest BCUT2D eigenvalue weighted by Crippen LogP contribution is 2.15. The molecule has 116 valence electrons. The van der Waals surface area contributed by atoms with Crippen LogP contribution >= 0.6 is 12.2 Å². The van der Waals surface area contributed by atoms with Crippen LogP contribution in [0.3, 0.4) is 0 Å². The average Bonchev–Trinajstić information content (AvgIpc) is 2.96. The van der Waals surface area contributed by atoms with Gasteiger partial charge in [-0.1, -0.05) is 35.1 Å². The molecule has 3 rings (SSSR count). The van der Waals surface area contributed by atoms with Crippen LogP contribution in [0.5, 0.6) is 0 Å². The fourth-order valence-electron chi connectivity index (χ4n) is 2.69. The van der Waals surface area contributed by atoms with E-state index < -0.39 is 0 Å². The van der Waals surface area contributed by atoms with Crippen molar-refractivity contribution in [2.24, 2.45) is 0 Å². The number of aromatic nitrogens is 3. The Balaban J connectivity index is 1.78. The predicted octanol–water partition coefficient (Wildman–Crippen LogP) is 2.36. The lowest BCUT2D eigenvalue weighted by molar-refractivity contribution is -0.0472. The molecule has 0 aliphatic carbocycles. The third kappa shape index (κ3) is 3.18. The number of morpholine rings is 1. The summed E-state index contributed by atoms with van der Waals surface area (Å²) in [5.41, 5.74) is 2.93. The molecule has 1 fully saturated rings. The van der Waals surface area contributed by atoms with Crippen LogP contribution < -0.4 is 0 Å². The highest BCUT2D eigenvalue weighted by atomic mass is 32.1. The van der Waals surface area contributed by atoms with Gasteiger partial charge in [0.15, 0.2) is 0 Å². The van der Waals surface area contributed by atoms with Gasteiger partial charge in [0.1, 0.15) is 10.7 Å². The molecule has 6 heteroatoms. The quantitative estimate of drug-likeness (QED) is 0.796. The van der Waals surface area contributed by atoms with Gasteiger partial charge >= 0.3 is 0 Å². The van der Waals surface area contributed by atoms with E-state index in [4.69, 9.17) is 17.0 Å². The van der Waals surface area contributed by atoms with Gasteiger partial charge in [-0.15, -0.1) is 5.10 Å². The van der Waals surface area contributed by atoms with Crippen molar-refractivity contribution >= 4 is 17.2 Å². The number of rotatable bonds is 2. The van der Waals surface area contributed by atoms with Crippen molar-refractivity contribution in [3.63, 3.8) is 0 Å². The van der Waals surface area contributed by atoms with Gasteiger partial charge in [-0.3, -0.25) is 0 Å². The van der Waals surface area contributed by atoms with E-state index in [1.165, 1.54) is 5.56 Å². The van der Waals surface area contributed by atoms with E-state index in [0.29, 0.717) is 0 Å². The first-order chi connectivity index (χ1) is 10.5. The van der Waals surface area contributed by atoms with Gasteiger partial charge in [-0.05, 0) is 32.9 Å². The number of benzene rings is 1. The molecular formula is C16H20N4OS. The zero-order valence-electron chi connectivity index (χ0n) is 13.1. The second kappa shape index (κ2) is 6.14. The highest BCUT2D eigenvalue weighted by molar-refractivity contribution is 7.80. The lowest BCUT2D eigenvalue weighted by atomic mass is 10.2. The fraction of sp³-hybridized carbons (Fsp3) is 0.438. The Morgan fingerprint density at radius 2 is 1.82 bits per heavy atom. The first-order valence-electron chi connectivity index (χ1n) is 7.47. The third-order valence-corrected chi connectivity index (χ3v) is 4.19.